The zero-order valence-electron chi connectivity index (χ0n) is 18.7. The lowest BCUT2D eigenvalue weighted by Gasteiger charge is -2.32. The summed E-state index contributed by atoms with van der Waals surface area (Å²) in [6.45, 7) is 10.8. The molecular weight excluding hydrogens is 319 g/mol. The highest BCUT2D eigenvalue weighted by molar-refractivity contribution is 6.45. The van der Waals surface area contributed by atoms with Gasteiger partial charge in [-0.25, -0.2) is 0 Å². The number of rotatable bonds is 16. The van der Waals surface area contributed by atoms with Gasteiger partial charge in [0, 0.05) is 0 Å². The topological polar surface area (TPSA) is 18.5 Å². The summed E-state index contributed by atoms with van der Waals surface area (Å²) in [5.41, 5.74) is -0.347. The van der Waals surface area contributed by atoms with Gasteiger partial charge in [-0.3, -0.25) is 0 Å². The highest BCUT2D eigenvalue weighted by Gasteiger charge is 2.50. The van der Waals surface area contributed by atoms with Crippen molar-refractivity contribution < 1.29 is 9.31 Å². The molecule has 0 radical (unpaired) electrons. The van der Waals surface area contributed by atoms with Crippen molar-refractivity contribution in [1.29, 1.82) is 0 Å². The molecule has 26 heavy (non-hydrogen) atoms. The molecule has 1 saturated heterocycles. The van der Waals surface area contributed by atoms with Crippen LogP contribution in [0.2, 0.25) is 6.32 Å². The standard InChI is InChI=1S/C23H47BO2/c1-6-7-8-9-10-11-12-13-14-15-16-17-18-19-20-21-24-25-22(2,3)23(4,5)26-24/h6-21H2,1-5H3. The van der Waals surface area contributed by atoms with E-state index >= 15 is 0 Å². The van der Waals surface area contributed by atoms with E-state index in [1.807, 2.05) is 0 Å². The Morgan fingerprint density at radius 3 is 1.15 bits per heavy atom. The third-order valence-electron chi connectivity index (χ3n) is 6.35. The van der Waals surface area contributed by atoms with Crippen molar-refractivity contribution in [1.82, 2.24) is 0 Å². The van der Waals surface area contributed by atoms with Gasteiger partial charge in [0.2, 0.25) is 0 Å². The molecule has 0 amide bonds. The van der Waals surface area contributed by atoms with E-state index in [-0.39, 0.29) is 18.3 Å². The second-order valence-electron chi connectivity index (χ2n) is 9.42. The van der Waals surface area contributed by atoms with Crippen LogP contribution in [-0.2, 0) is 9.31 Å². The van der Waals surface area contributed by atoms with Crippen molar-refractivity contribution in [3.05, 3.63) is 0 Å². The minimum absolute atomic E-state index is 0.00183. The molecule has 1 heterocycles. The van der Waals surface area contributed by atoms with E-state index in [0.29, 0.717) is 0 Å². The quantitative estimate of drug-likeness (QED) is 0.204. The van der Waals surface area contributed by atoms with Gasteiger partial charge in [0.25, 0.3) is 0 Å². The molecule has 1 aliphatic rings. The summed E-state index contributed by atoms with van der Waals surface area (Å²) < 4.78 is 12.1. The van der Waals surface area contributed by atoms with Crippen molar-refractivity contribution in [2.45, 2.75) is 148 Å². The minimum atomic E-state index is -0.173. The predicted molar refractivity (Wildman–Crippen MR) is 116 cm³/mol. The first-order valence-electron chi connectivity index (χ1n) is 11.7. The molecule has 0 bridgehead atoms. The van der Waals surface area contributed by atoms with Crippen LogP contribution >= 0.6 is 0 Å². The summed E-state index contributed by atoms with van der Waals surface area (Å²) in [7, 11) is 0.00183. The molecule has 0 aliphatic carbocycles. The van der Waals surface area contributed by atoms with E-state index in [1.165, 1.54) is 96.3 Å². The molecule has 1 fully saturated rings. The Morgan fingerprint density at radius 1 is 0.500 bits per heavy atom. The van der Waals surface area contributed by atoms with Crippen molar-refractivity contribution in [2.75, 3.05) is 0 Å². The molecule has 154 valence electrons. The molecule has 0 spiro atoms. The maximum absolute atomic E-state index is 6.06. The number of hydrogen-bond donors (Lipinski definition) is 0. The van der Waals surface area contributed by atoms with Crippen molar-refractivity contribution in [3.8, 4) is 0 Å². The second-order valence-corrected chi connectivity index (χ2v) is 9.42. The van der Waals surface area contributed by atoms with Crippen LogP contribution in [0.3, 0.4) is 0 Å². The van der Waals surface area contributed by atoms with Crippen molar-refractivity contribution in [2.24, 2.45) is 0 Å². The second kappa shape index (κ2) is 13.2. The zero-order valence-corrected chi connectivity index (χ0v) is 18.7. The van der Waals surface area contributed by atoms with Gasteiger partial charge in [-0.15, -0.1) is 0 Å². The van der Waals surface area contributed by atoms with Crippen molar-refractivity contribution >= 4 is 7.12 Å². The average Bonchev–Trinajstić information content (AvgIpc) is 2.78. The van der Waals surface area contributed by atoms with E-state index in [9.17, 15) is 0 Å². The third-order valence-corrected chi connectivity index (χ3v) is 6.35. The fourth-order valence-corrected chi connectivity index (χ4v) is 3.77. The highest BCUT2D eigenvalue weighted by Crippen LogP contribution is 2.38. The van der Waals surface area contributed by atoms with Gasteiger partial charge in [0.15, 0.2) is 0 Å². The molecule has 1 aliphatic heterocycles. The average molecular weight is 366 g/mol. The number of hydrogen-bond acceptors (Lipinski definition) is 2. The van der Waals surface area contributed by atoms with Crippen LogP contribution in [0.25, 0.3) is 0 Å². The highest BCUT2D eigenvalue weighted by atomic mass is 16.7. The van der Waals surface area contributed by atoms with Crippen LogP contribution in [-0.4, -0.2) is 18.3 Å². The Hall–Kier alpha value is -0.0151. The Labute approximate surface area is 165 Å². The summed E-state index contributed by atoms with van der Waals surface area (Å²) in [5, 5.41) is 0. The fourth-order valence-electron chi connectivity index (χ4n) is 3.77. The van der Waals surface area contributed by atoms with Crippen LogP contribution in [0.5, 0.6) is 0 Å². The lowest BCUT2D eigenvalue weighted by Crippen LogP contribution is -2.41. The van der Waals surface area contributed by atoms with E-state index < -0.39 is 0 Å². The van der Waals surface area contributed by atoms with Gasteiger partial charge in [0.1, 0.15) is 0 Å². The smallest absolute Gasteiger partial charge is 0.403 e. The summed E-state index contributed by atoms with van der Waals surface area (Å²) >= 11 is 0. The largest absolute Gasteiger partial charge is 0.457 e. The molecule has 0 aromatic rings. The Morgan fingerprint density at radius 2 is 0.808 bits per heavy atom. The van der Waals surface area contributed by atoms with Crippen LogP contribution in [0.4, 0.5) is 0 Å². The molecule has 0 saturated carbocycles. The van der Waals surface area contributed by atoms with Gasteiger partial charge in [0.05, 0.1) is 11.2 Å². The Balaban J connectivity index is 1.81. The van der Waals surface area contributed by atoms with Crippen molar-refractivity contribution in [3.63, 3.8) is 0 Å². The lowest BCUT2D eigenvalue weighted by atomic mass is 9.82. The molecule has 2 nitrogen and oxygen atoms in total. The van der Waals surface area contributed by atoms with E-state index in [4.69, 9.17) is 9.31 Å². The van der Waals surface area contributed by atoms with E-state index in [1.54, 1.807) is 0 Å². The fraction of sp³-hybridized carbons (Fsp3) is 1.00. The Bertz CT molecular complexity index is 325. The van der Waals surface area contributed by atoms with Gasteiger partial charge in [-0.2, -0.15) is 0 Å². The Kier molecular flexibility index (Phi) is 12.2. The molecular formula is C23H47BO2. The zero-order chi connectivity index (χ0) is 19.3. The van der Waals surface area contributed by atoms with Crippen LogP contribution < -0.4 is 0 Å². The normalized spacial score (nSPS) is 18.6. The molecule has 0 atom stereocenters. The van der Waals surface area contributed by atoms with Crippen LogP contribution in [0.15, 0.2) is 0 Å². The first kappa shape index (κ1) is 24.0. The summed E-state index contributed by atoms with van der Waals surface area (Å²) in [4.78, 5) is 0. The first-order chi connectivity index (χ1) is 12.4. The summed E-state index contributed by atoms with van der Waals surface area (Å²) in [5.74, 6) is 0. The molecule has 1 rings (SSSR count). The number of unbranched alkanes of at least 4 members (excludes halogenated alkanes) is 14. The molecule has 3 heteroatoms. The van der Waals surface area contributed by atoms with Gasteiger partial charge < -0.3 is 9.31 Å². The summed E-state index contributed by atoms with van der Waals surface area (Å²) in [6.07, 6.45) is 22.2. The third kappa shape index (κ3) is 9.79. The minimum Gasteiger partial charge on any atom is -0.403 e. The van der Waals surface area contributed by atoms with Gasteiger partial charge in [-0.05, 0) is 34.0 Å². The monoisotopic (exact) mass is 366 g/mol. The molecule has 0 aromatic carbocycles. The van der Waals surface area contributed by atoms with Gasteiger partial charge in [-0.1, -0.05) is 103 Å². The van der Waals surface area contributed by atoms with Crippen LogP contribution in [0.1, 0.15) is 131 Å². The SMILES string of the molecule is CCCCCCCCCCCCCCCCCB1OC(C)(C)C(C)(C)O1. The maximum Gasteiger partial charge on any atom is 0.457 e. The maximum atomic E-state index is 6.06. The summed E-state index contributed by atoms with van der Waals surface area (Å²) in [6, 6.07) is 0. The van der Waals surface area contributed by atoms with E-state index in [0.717, 1.165) is 6.32 Å². The molecule has 0 N–H and O–H groups in total. The molecule has 0 unspecified atom stereocenters. The first-order valence-corrected chi connectivity index (χ1v) is 11.7. The van der Waals surface area contributed by atoms with E-state index in [2.05, 4.69) is 34.6 Å². The molecule has 0 aromatic heterocycles. The predicted octanol–water partition coefficient (Wildman–Crippen LogP) is 7.95. The van der Waals surface area contributed by atoms with Crippen LogP contribution in [0, 0.1) is 0 Å². The van der Waals surface area contributed by atoms with Gasteiger partial charge >= 0.3 is 7.12 Å². The lowest BCUT2D eigenvalue weighted by molar-refractivity contribution is 0.00578.